The molecule has 21 heavy (non-hydrogen) atoms. The highest BCUT2D eigenvalue weighted by atomic mass is 79.9. The normalized spacial score (nSPS) is 15.5. The van der Waals surface area contributed by atoms with Gasteiger partial charge >= 0.3 is 0 Å². The number of amides is 1. The van der Waals surface area contributed by atoms with E-state index in [-0.39, 0.29) is 11.5 Å². The first-order valence-corrected chi connectivity index (χ1v) is 7.27. The first-order chi connectivity index (χ1) is 10.2. The van der Waals surface area contributed by atoms with E-state index in [1.807, 2.05) is 12.1 Å². The topological polar surface area (TPSA) is 62.6 Å². The van der Waals surface area contributed by atoms with Crippen LogP contribution in [-0.2, 0) is 9.53 Å². The first-order valence-electron chi connectivity index (χ1n) is 6.48. The first kappa shape index (κ1) is 15.5. The van der Waals surface area contributed by atoms with Gasteiger partial charge in [0, 0.05) is 13.1 Å². The Labute approximate surface area is 131 Å². The Bertz CT molecular complexity index is 601. The van der Waals surface area contributed by atoms with Crippen LogP contribution < -0.4 is 4.74 Å². The predicted octanol–water partition coefficient (Wildman–Crippen LogP) is 2.22. The number of carbonyl (C=O) groups excluding carboxylic acids is 1. The van der Waals surface area contributed by atoms with Crippen LogP contribution in [0, 0.1) is 11.3 Å². The van der Waals surface area contributed by atoms with Gasteiger partial charge in [0.2, 0.25) is 0 Å². The van der Waals surface area contributed by atoms with Crippen molar-refractivity contribution in [3.63, 3.8) is 0 Å². The van der Waals surface area contributed by atoms with Crippen LogP contribution in [0.15, 0.2) is 28.2 Å². The van der Waals surface area contributed by atoms with Gasteiger partial charge in [-0.1, -0.05) is 6.07 Å². The summed E-state index contributed by atoms with van der Waals surface area (Å²) in [6.45, 7) is 2.06. The maximum Gasteiger partial charge on any atom is 0.264 e. The van der Waals surface area contributed by atoms with Crippen molar-refractivity contribution in [1.82, 2.24) is 4.90 Å². The third kappa shape index (κ3) is 3.84. The maximum absolute atomic E-state index is 12.3. The maximum atomic E-state index is 12.3. The van der Waals surface area contributed by atoms with E-state index in [1.165, 1.54) is 0 Å². The van der Waals surface area contributed by atoms with Crippen molar-refractivity contribution in [3.8, 4) is 11.8 Å². The van der Waals surface area contributed by atoms with Crippen LogP contribution in [0.25, 0.3) is 6.08 Å². The van der Waals surface area contributed by atoms with Crippen LogP contribution in [0.3, 0.4) is 0 Å². The van der Waals surface area contributed by atoms with Gasteiger partial charge in [-0.3, -0.25) is 4.79 Å². The summed E-state index contributed by atoms with van der Waals surface area (Å²) in [5, 5.41) is 9.23. The lowest BCUT2D eigenvalue weighted by Crippen LogP contribution is -2.41. The number of carbonyl (C=O) groups is 1. The Kier molecular flexibility index (Phi) is 5.37. The van der Waals surface area contributed by atoms with Gasteiger partial charge in [-0.15, -0.1) is 0 Å². The molecule has 1 fully saturated rings. The summed E-state index contributed by atoms with van der Waals surface area (Å²) < 4.78 is 11.1. The zero-order valence-electron chi connectivity index (χ0n) is 11.6. The van der Waals surface area contributed by atoms with Gasteiger partial charge in [0.1, 0.15) is 17.4 Å². The number of rotatable bonds is 3. The largest absolute Gasteiger partial charge is 0.496 e. The highest BCUT2D eigenvalue weighted by Gasteiger charge is 2.20. The Hall–Kier alpha value is -1.84. The van der Waals surface area contributed by atoms with Crippen molar-refractivity contribution >= 4 is 27.9 Å². The minimum absolute atomic E-state index is 0.119. The van der Waals surface area contributed by atoms with E-state index in [1.54, 1.807) is 30.2 Å². The van der Waals surface area contributed by atoms with E-state index in [9.17, 15) is 10.1 Å². The number of hydrogen-bond acceptors (Lipinski definition) is 4. The molecule has 0 bridgehead atoms. The minimum atomic E-state index is -0.257. The molecule has 1 amide bonds. The second-order valence-electron chi connectivity index (χ2n) is 4.47. The Balaban J connectivity index is 2.22. The van der Waals surface area contributed by atoms with Crippen molar-refractivity contribution in [2.24, 2.45) is 0 Å². The summed E-state index contributed by atoms with van der Waals surface area (Å²) in [5.74, 6) is 0.443. The molecular weight excluding hydrogens is 336 g/mol. The molecule has 0 saturated carbocycles. The minimum Gasteiger partial charge on any atom is -0.496 e. The van der Waals surface area contributed by atoms with E-state index in [2.05, 4.69) is 15.9 Å². The molecule has 5 nitrogen and oxygen atoms in total. The molecule has 1 aromatic carbocycles. The summed E-state index contributed by atoms with van der Waals surface area (Å²) in [4.78, 5) is 13.9. The van der Waals surface area contributed by atoms with Crippen LogP contribution in [-0.4, -0.2) is 44.2 Å². The molecule has 0 unspecified atom stereocenters. The van der Waals surface area contributed by atoms with E-state index < -0.39 is 0 Å². The average molecular weight is 351 g/mol. The second kappa shape index (κ2) is 7.25. The van der Waals surface area contributed by atoms with Crippen LogP contribution in [0.4, 0.5) is 0 Å². The summed E-state index contributed by atoms with van der Waals surface area (Å²) in [6.07, 6.45) is 1.59. The van der Waals surface area contributed by atoms with Crippen LogP contribution in [0.2, 0.25) is 0 Å². The molecule has 110 valence electrons. The second-order valence-corrected chi connectivity index (χ2v) is 5.32. The predicted molar refractivity (Wildman–Crippen MR) is 81.7 cm³/mol. The molecule has 0 aromatic heterocycles. The fourth-order valence-electron chi connectivity index (χ4n) is 2.02. The van der Waals surface area contributed by atoms with Gasteiger partial charge in [0.25, 0.3) is 5.91 Å². The number of halogens is 1. The van der Waals surface area contributed by atoms with Gasteiger partial charge in [-0.2, -0.15) is 5.26 Å². The molecule has 0 radical (unpaired) electrons. The third-order valence-electron chi connectivity index (χ3n) is 3.14. The van der Waals surface area contributed by atoms with Gasteiger partial charge in [0.05, 0.1) is 24.8 Å². The van der Waals surface area contributed by atoms with Gasteiger partial charge in [-0.05, 0) is 39.7 Å². The fourth-order valence-corrected chi connectivity index (χ4v) is 2.58. The Morgan fingerprint density at radius 3 is 2.76 bits per heavy atom. The molecular formula is C15H15BrN2O3. The van der Waals surface area contributed by atoms with Crippen LogP contribution >= 0.6 is 15.9 Å². The molecule has 0 N–H and O–H groups in total. The van der Waals surface area contributed by atoms with Crippen molar-refractivity contribution in [2.75, 3.05) is 33.4 Å². The molecule has 0 atom stereocenters. The van der Waals surface area contributed by atoms with Gasteiger partial charge < -0.3 is 14.4 Å². The van der Waals surface area contributed by atoms with E-state index in [0.717, 1.165) is 10.0 Å². The molecule has 0 spiro atoms. The SMILES string of the molecule is COc1ccc(/C=C(\C#N)C(=O)N2CCOCC2)cc1Br. The van der Waals surface area contributed by atoms with Crippen molar-refractivity contribution in [1.29, 1.82) is 5.26 Å². The van der Waals surface area contributed by atoms with Crippen LogP contribution in [0.5, 0.6) is 5.75 Å². The summed E-state index contributed by atoms with van der Waals surface area (Å²) >= 11 is 3.38. The highest BCUT2D eigenvalue weighted by molar-refractivity contribution is 9.10. The smallest absolute Gasteiger partial charge is 0.264 e. The molecule has 1 aromatic rings. The van der Waals surface area contributed by atoms with Crippen LogP contribution in [0.1, 0.15) is 5.56 Å². The summed E-state index contributed by atoms with van der Waals surface area (Å²) in [6, 6.07) is 7.37. The third-order valence-corrected chi connectivity index (χ3v) is 3.76. The lowest BCUT2D eigenvalue weighted by molar-refractivity contribution is -0.130. The van der Waals surface area contributed by atoms with Crippen molar-refractivity contribution < 1.29 is 14.3 Å². The number of nitriles is 1. The fraction of sp³-hybridized carbons (Fsp3) is 0.333. The van der Waals surface area contributed by atoms with Crippen molar-refractivity contribution in [2.45, 2.75) is 0 Å². The standard InChI is InChI=1S/C15H15BrN2O3/c1-20-14-3-2-11(9-13(14)16)8-12(10-17)15(19)18-4-6-21-7-5-18/h2-3,8-9H,4-7H2,1H3/b12-8+. The summed E-state index contributed by atoms with van der Waals surface area (Å²) in [7, 11) is 1.58. The zero-order chi connectivity index (χ0) is 15.2. The van der Waals surface area contributed by atoms with Gasteiger partial charge in [0.15, 0.2) is 0 Å². The number of morpholine rings is 1. The number of benzene rings is 1. The van der Waals surface area contributed by atoms with Crippen molar-refractivity contribution in [3.05, 3.63) is 33.8 Å². The lowest BCUT2D eigenvalue weighted by atomic mass is 10.1. The Morgan fingerprint density at radius 1 is 1.48 bits per heavy atom. The van der Waals surface area contributed by atoms with E-state index >= 15 is 0 Å². The number of ether oxygens (including phenoxy) is 2. The summed E-state index contributed by atoms with van der Waals surface area (Å²) in [5.41, 5.74) is 0.884. The lowest BCUT2D eigenvalue weighted by Gasteiger charge is -2.26. The molecule has 1 saturated heterocycles. The number of hydrogen-bond donors (Lipinski definition) is 0. The van der Waals surface area contributed by atoms with E-state index in [4.69, 9.17) is 9.47 Å². The number of methoxy groups -OCH3 is 1. The Morgan fingerprint density at radius 2 is 2.19 bits per heavy atom. The highest BCUT2D eigenvalue weighted by Crippen LogP contribution is 2.26. The molecule has 1 aliphatic heterocycles. The van der Waals surface area contributed by atoms with Gasteiger partial charge in [-0.25, -0.2) is 0 Å². The average Bonchev–Trinajstić information content (AvgIpc) is 2.53. The molecule has 6 heteroatoms. The molecule has 1 aliphatic rings. The monoisotopic (exact) mass is 350 g/mol. The van der Waals surface area contributed by atoms with E-state index in [0.29, 0.717) is 32.1 Å². The quantitative estimate of drug-likeness (QED) is 0.619. The molecule has 0 aliphatic carbocycles. The molecule has 1 heterocycles. The zero-order valence-corrected chi connectivity index (χ0v) is 13.2. The molecule has 2 rings (SSSR count). The number of nitrogens with zero attached hydrogens (tertiary/aromatic N) is 2.